The highest BCUT2D eigenvalue weighted by Gasteiger charge is 2.19. The van der Waals surface area contributed by atoms with Crippen molar-refractivity contribution >= 4 is 23.2 Å². The van der Waals surface area contributed by atoms with E-state index in [1.807, 2.05) is 30.0 Å². The lowest BCUT2D eigenvalue weighted by molar-refractivity contribution is 0.946. The zero-order valence-corrected chi connectivity index (χ0v) is 10.5. The Balaban J connectivity index is 2.42. The molecule has 1 aromatic carbocycles. The fourth-order valence-corrected chi connectivity index (χ4v) is 2.21. The van der Waals surface area contributed by atoms with Gasteiger partial charge in [0, 0.05) is 6.54 Å². The standard InChI is InChI=1S/C13H14ClN3/c1-3-9-17(13-15-7-8-16-13)12-10(2)5-4-6-11(12)14/h1,4-6H,7-9H2,2H3,(H,15,16). The van der Waals surface area contributed by atoms with E-state index in [0.29, 0.717) is 11.6 Å². The van der Waals surface area contributed by atoms with Gasteiger partial charge in [-0.15, -0.1) is 6.42 Å². The number of rotatable bonds is 2. The molecule has 0 atom stereocenters. The molecule has 1 aromatic rings. The molecule has 0 amide bonds. The monoisotopic (exact) mass is 247 g/mol. The van der Waals surface area contributed by atoms with Crippen molar-refractivity contribution in [3.05, 3.63) is 28.8 Å². The highest BCUT2D eigenvalue weighted by atomic mass is 35.5. The van der Waals surface area contributed by atoms with Crippen LogP contribution in [0.4, 0.5) is 5.69 Å². The van der Waals surface area contributed by atoms with Gasteiger partial charge < -0.3 is 5.32 Å². The van der Waals surface area contributed by atoms with Gasteiger partial charge in [-0.3, -0.25) is 9.89 Å². The number of aryl methyl sites for hydroxylation is 1. The van der Waals surface area contributed by atoms with Crippen LogP contribution in [-0.4, -0.2) is 25.6 Å². The van der Waals surface area contributed by atoms with Crippen LogP contribution in [0.2, 0.25) is 5.02 Å². The molecule has 1 N–H and O–H groups in total. The summed E-state index contributed by atoms with van der Waals surface area (Å²) in [6.45, 7) is 4.09. The van der Waals surface area contributed by atoms with Gasteiger partial charge in [0.2, 0.25) is 0 Å². The van der Waals surface area contributed by atoms with Gasteiger partial charge in [-0.2, -0.15) is 0 Å². The molecule has 0 spiro atoms. The third-order valence-corrected chi connectivity index (χ3v) is 2.92. The summed E-state index contributed by atoms with van der Waals surface area (Å²) in [6, 6.07) is 5.81. The van der Waals surface area contributed by atoms with Crippen LogP contribution in [0.5, 0.6) is 0 Å². The van der Waals surface area contributed by atoms with E-state index >= 15 is 0 Å². The second-order valence-electron chi connectivity index (χ2n) is 3.83. The lowest BCUT2D eigenvalue weighted by Crippen LogP contribution is -2.39. The Kier molecular flexibility index (Phi) is 3.55. The van der Waals surface area contributed by atoms with E-state index in [2.05, 4.69) is 16.2 Å². The van der Waals surface area contributed by atoms with Gasteiger partial charge in [0.05, 0.1) is 23.8 Å². The minimum Gasteiger partial charge on any atom is -0.354 e. The predicted molar refractivity (Wildman–Crippen MR) is 72.7 cm³/mol. The van der Waals surface area contributed by atoms with E-state index in [9.17, 15) is 0 Å². The SMILES string of the molecule is C#CCN(C1=NCCN1)c1c(C)cccc1Cl. The summed E-state index contributed by atoms with van der Waals surface area (Å²) in [4.78, 5) is 6.34. The third kappa shape index (κ3) is 2.37. The fourth-order valence-electron chi connectivity index (χ4n) is 1.88. The van der Waals surface area contributed by atoms with Crippen LogP contribution in [0.1, 0.15) is 5.56 Å². The van der Waals surface area contributed by atoms with Crippen LogP contribution in [0, 0.1) is 19.3 Å². The van der Waals surface area contributed by atoms with Gasteiger partial charge >= 0.3 is 0 Å². The maximum Gasteiger partial charge on any atom is 0.199 e. The van der Waals surface area contributed by atoms with Crippen LogP contribution in [0.15, 0.2) is 23.2 Å². The zero-order chi connectivity index (χ0) is 12.3. The quantitative estimate of drug-likeness (QED) is 0.810. The molecule has 0 aliphatic carbocycles. The van der Waals surface area contributed by atoms with Gasteiger partial charge in [-0.25, -0.2) is 0 Å². The number of aliphatic imine (C=N–C) groups is 1. The molecule has 0 radical (unpaired) electrons. The first-order valence-electron chi connectivity index (χ1n) is 5.48. The summed E-state index contributed by atoms with van der Waals surface area (Å²) in [7, 11) is 0. The summed E-state index contributed by atoms with van der Waals surface area (Å²) in [5.74, 6) is 3.45. The Labute approximate surface area is 106 Å². The van der Waals surface area contributed by atoms with Crippen LogP contribution in [-0.2, 0) is 0 Å². The van der Waals surface area contributed by atoms with E-state index in [1.165, 1.54) is 0 Å². The van der Waals surface area contributed by atoms with E-state index in [-0.39, 0.29) is 0 Å². The zero-order valence-electron chi connectivity index (χ0n) is 9.70. The van der Waals surface area contributed by atoms with Crippen molar-refractivity contribution < 1.29 is 0 Å². The Morgan fingerprint density at radius 3 is 3.00 bits per heavy atom. The van der Waals surface area contributed by atoms with Gasteiger partial charge in [-0.05, 0) is 18.6 Å². The molecule has 0 unspecified atom stereocenters. The number of terminal acetylenes is 1. The molecular formula is C13H14ClN3. The maximum absolute atomic E-state index is 6.25. The topological polar surface area (TPSA) is 27.6 Å². The number of hydrogen-bond donors (Lipinski definition) is 1. The number of nitrogens with one attached hydrogen (secondary N) is 1. The Morgan fingerprint density at radius 2 is 2.41 bits per heavy atom. The highest BCUT2D eigenvalue weighted by molar-refractivity contribution is 6.34. The molecule has 1 aliphatic rings. The van der Waals surface area contributed by atoms with Crippen molar-refractivity contribution in [2.75, 3.05) is 24.5 Å². The molecule has 0 saturated carbocycles. The third-order valence-electron chi connectivity index (χ3n) is 2.62. The van der Waals surface area contributed by atoms with Gasteiger partial charge in [0.15, 0.2) is 5.96 Å². The van der Waals surface area contributed by atoms with Crippen LogP contribution in [0.25, 0.3) is 0 Å². The van der Waals surface area contributed by atoms with Crippen molar-refractivity contribution in [2.24, 2.45) is 4.99 Å². The molecule has 2 rings (SSSR count). The highest BCUT2D eigenvalue weighted by Crippen LogP contribution is 2.29. The summed E-state index contributed by atoms with van der Waals surface area (Å²) < 4.78 is 0. The molecular weight excluding hydrogens is 234 g/mol. The molecule has 1 heterocycles. The molecule has 88 valence electrons. The van der Waals surface area contributed by atoms with Crippen molar-refractivity contribution in [2.45, 2.75) is 6.92 Å². The summed E-state index contributed by atoms with van der Waals surface area (Å²) in [5, 5.41) is 3.91. The molecule has 0 bridgehead atoms. The molecule has 0 saturated heterocycles. The number of guanidine groups is 1. The summed E-state index contributed by atoms with van der Waals surface area (Å²) in [6.07, 6.45) is 5.42. The fraction of sp³-hybridized carbons (Fsp3) is 0.308. The summed E-state index contributed by atoms with van der Waals surface area (Å²) >= 11 is 6.25. The van der Waals surface area contributed by atoms with Crippen molar-refractivity contribution in [1.82, 2.24) is 5.32 Å². The molecule has 4 heteroatoms. The second kappa shape index (κ2) is 5.11. The maximum atomic E-state index is 6.25. The number of halogens is 1. The second-order valence-corrected chi connectivity index (χ2v) is 4.23. The number of para-hydroxylation sites is 1. The number of anilines is 1. The van der Waals surface area contributed by atoms with Crippen molar-refractivity contribution in [3.8, 4) is 12.3 Å². The van der Waals surface area contributed by atoms with Crippen molar-refractivity contribution in [1.29, 1.82) is 0 Å². The van der Waals surface area contributed by atoms with E-state index in [4.69, 9.17) is 18.0 Å². The normalized spacial score (nSPS) is 13.8. The average Bonchev–Trinajstić information content (AvgIpc) is 2.80. The average molecular weight is 248 g/mol. The summed E-state index contributed by atoms with van der Waals surface area (Å²) in [5.41, 5.74) is 2.02. The lowest BCUT2D eigenvalue weighted by Gasteiger charge is -2.25. The van der Waals surface area contributed by atoms with Gasteiger partial charge in [-0.1, -0.05) is 29.7 Å². The first-order valence-corrected chi connectivity index (χ1v) is 5.86. The molecule has 0 fully saturated rings. The van der Waals surface area contributed by atoms with Crippen LogP contribution < -0.4 is 10.2 Å². The number of benzene rings is 1. The van der Waals surface area contributed by atoms with E-state index in [1.54, 1.807) is 0 Å². The largest absolute Gasteiger partial charge is 0.354 e. The molecule has 0 aromatic heterocycles. The first-order chi connectivity index (χ1) is 8.24. The van der Waals surface area contributed by atoms with E-state index in [0.717, 1.165) is 30.3 Å². The Bertz CT molecular complexity index is 468. The smallest absolute Gasteiger partial charge is 0.199 e. The Morgan fingerprint density at radius 1 is 1.59 bits per heavy atom. The van der Waals surface area contributed by atoms with Gasteiger partial charge in [0.25, 0.3) is 0 Å². The molecule has 3 nitrogen and oxygen atoms in total. The van der Waals surface area contributed by atoms with Gasteiger partial charge in [0.1, 0.15) is 0 Å². The number of nitrogens with zero attached hydrogens (tertiary/aromatic N) is 2. The Hall–Kier alpha value is -1.66. The van der Waals surface area contributed by atoms with Crippen LogP contribution >= 0.6 is 11.6 Å². The predicted octanol–water partition coefficient (Wildman–Crippen LogP) is 2.05. The van der Waals surface area contributed by atoms with Crippen LogP contribution in [0.3, 0.4) is 0 Å². The number of hydrogen-bond acceptors (Lipinski definition) is 3. The molecule has 17 heavy (non-hydrogen) atoms. The first kappa shape index (κ1) is 11.8. The minimum atomic E-state index is 0.455. The lowest BCUT2D eigenvalue weighted by atomic mass is 10.2. The van der Waals surface area contributed by atoms with E-state index < -0.39 is 0 Å². The minimum absolute atomic E-state index is 0.455. The van der Waals surface area contributed by atoms with Crippen molar-refractivity contribution in [3.63, 3.8) is 0 Å². The molecule has 1 aliphatic heterocycles.